The van der Waals surface area contributed by atoms with Crippen LogP contribution in [0.4, 0.5) is 5.00 Å². The van der Waals surface area contributed by atoms with Crippen molar-refractivity contribution in [1.29, 1.82) is 0 Å². The average molecular weight is 209 g/mol. The molecular weight excluding hydrogens is 198 g/mol. The Morgan fingerprint density at radius 1 is 1.46 bits per heavy atom. The van der Waals surface area contributed by atoms with Gasteiger partial charge in [-0.1, -0.05) is 6.92 Å². The summed E-state index contributed by atoms with van der Waals surface area (Å²) in [7, 11) is 0. The fourth-order valence-corrected chi connectivity index (χ4v) is 2.76. The van der Waals surface area contributed by atoms with Gasteiger partial charge < -0.3 is 5.73 Å². The van der Waals surface area contributed by atoms with Gasteiger partial charge in [-0.25, -0.2) is 0 Å². The minimum absolute atomic E-state index is 0.878. The van der Waals surface area contributed by atoms with Crippen LogP contribution in [0.25, 0.3) is 10.1 Å². The molecule has 2 aromatic rings. The number of anilines is 1. The number of hydrogen-bond donors (Lipinski definition) is 2. The Morgan fingerprint density at radius 3 is 2.92 bits per heavy atom. The molecule has 0 spiro atoms. The predicted molar refractivity (Wildman–Crippen MR) is 62.9 cm³/mol. The van der Waals surface area contributed by atoms with Crippen molar-refractivity contribution in [3.8, 4) is 0 Å². The molecule has 1 aromatic carbocycles. The second-order valence-corrected chi connectivity index (χ2v) is 4.57. The molecule has 0 aliphatic carbocycles. The summed E-state index contributed by atoms with van der Waals surface area (Å²) in [6.45, 7) is 2.14. The van der Waals surface area contributed by atoms with Crippen LogP contribution in [0.2, 0.25) is 0 Å². The third-order valence-electron chi connectivity index (χ3n) is 2.16. The predicted octanol–water partition coefficient (Wildman–Crippen LogP) is 3.33. The second-order valence-electron chi connectivity index (χ2n) is 2.98. The van der Waals surface area contributed by atoms with Gasteiger partial charge >= 0.3 is 0 Å². The number of thiol groups is 1. The summed E-state index contributed by atoms with van der Waals surface area (Å²) < 4.78 is 1.26. The Morgan fingerprint density at radius 2 is 2.23 bits per heavy atom. The molecule has 0 bridgehead atoms. The quantitative estimate of drug-likeness (QED) is 0.692. The van der Waals surface area contributed by atoms with Crippen molar-refractivity contribution in [1.82, 2.24) is 0 Å². The molecule has 2 N–H and O–H groups in total. The van der Waals surface area contributed by atoms with E-state index in [1.807, 2.05) is 12.1 Å². The summed E-state index contributed by atoms with van der Waals surface area (Å²) >= 11 is 6.06. The molecule has 0 atom stereocenters. The number of fused-ring (bicyclic) bond motifs is 1. The molecule has 0 unspecified atom stereocenters. The maximum Gasteiger partial charge on any atom is 0.0868 e. The molecule has 0 amide bonds. The lowest BCUT2D eigenvalue weighted by atomic mass is 10.1. The van der Waals surface area contributed by atoms with Crippen molar-refractivity contribution in [2.45, 2.75) is 18.2 Å². The normalized spacial score (nSPS) is 10.9. The maximum absolute atomic E-state index is 5.76. The number of benzene rings is 1. The van der Waals surface area contributed by atoms with Gasteiger partial charge in [-0.15, -0.1) is 24.0 Å². The van der Waals surface area contributed by atoms with E-state index >= 15 is 0 Å². The molecule has 0 saturated carbocycles. The van der Waals surface area contributed by atoms with E-state index in [0.29, 0.717) is 0 Å². The van der Waals surface area contributed by atoms with E-state index in [2.05, 4.69) is 25.6 Å². The van der Waals surface area contributed by atoms with Crippen LogP contribution in [0.3, 0.4) is 0 Å². The first-order chi connectivity index (χ1) is 6.22. The Labute approximate surface area is 87.0 Å². The number of aryl methyl sites for hydroxylation is 1. The van der Waals surface area contributed by atoms with Crippen LogP contribution in [-0.4, -0.2) is 0 Å². The molecule has 0 aliphatic heterocycles. The summed E-state index contributed by atoms with van der Waals surface area (Å²) in [6.07, 6.45) is 1.01. The van der Waals surface area contributed by atoms with E-state index in [4.69, 9.17) is 5.73 Å². The van der Waals surface area contributed by atoms with Gasteiger partial charge in [0.15, 0.2) is 0 Å². The minimum Gasteiger partial charge on any atom is -0.391 e. The molecular formula is C10H11NS2. The van der Waals surface area contributed by atoms with Gasteiger partial charge in [0.1, 0.15) is 0 Å². The summed E-state index contributed by atoms with van der Waals surface area (Å²) in [6, 6.07) is 6.16. The van der Waals surface area contributed by atoms with E-state index in [-0.39, 0.29) is 0 Å². The Hall–Kier alpha value is -0.670. The fourth-order valence-electron chi connectivity index (χ4n) is 1.55. The number of nitrogen functional groups attached to an aromatic ring is 1. The highest BCUT2D eigenvalue weighted by molar-refractivity contribution is 7.80. The average Bonchev–Trinajstić information content (AvgIpc) is 2.45. The molecule has 68 valence electrons. The van der Waals surface area contributed by atoms with Crippen LogP contribution in [0.1, 0.15) is 12.5 Å². The molecule has 0 saturated heterocycles. The molecule has 0 radical (unpaired) electrons. The molecule has 0 aliphatic rings. The van der Waals surface area contributed by atoms with Crippen molar-refractivity contribution in [2.24, 2.45) is 0 Å². The first kappa shape index (κ1) is 8.91. The SMILES string of the molecule is CCc1c(S)ccc2sc(N)cc12. The summed E-state index contributed by atoms with van der Waals surface area (Å²) in [5, 5.41) is 2.14. The zero-order valence-corrected chi connectivity index (χ0v) is 9.08. The molecule has 2 rings (SSSR count). The van der Waals surface area contributed by atoms with Gasteiger partial charge in [0.2, 0.25) is 0 Å². The van der Waals surface area contributed by atoms with Crippen LogP contribution in [0.15, 0.2) is 23.1 Å². The topological polar surface area (TPSA) is 26.0 Å². The monoisotopic (exact) mass is 209 g/mol. The highest BCUT2D eigenvalue weighted by Gasteiger charge is 2.05. The number of rotatable bonds is 1. The Bertz CT molecular complexity index is 445. The maximum atomic E-state index is 5.76. The number of hydrogen-bond acceptors (Lipinski definition) is 3. The van der Waals surface area contributed by atoms with Gasteiger partial charge in [-0.3, -0.25) is 0 Å². The molecule has 13 heavy (non-hydrogen) atoms. The van der Waals surface area contributed by atoms with E-state index in [0.717, 1.165) is 16.3 Å². The van der Waals surface area contributed by atoms with Gasteiger partial charge in [-0.05, 0) is 35.6 Å². The van der Waals surface area contributed by atoms with Gasteiger partial charge in [0.05, 0.1) is 5.00 Å². The largest absolute Gasteiger partial charge is 0.391 e. The summed E-state index contributed by atoms with van der Waals surface area (Å²) in [5.41, 5.74) is 7.06. The first-order valence-electron chi connectivity index (χ1n) is 4.22. The summed E-state index contributed by atoms with van der Waals surface area (Å²) in [4.78, 5) is 1.06. The van der Waals surface area contributed by atoms with Crippen LogP contribution < -0.4 is 5.73 Å². The second kappa shape index (κ2) is 3.24. The van der Waals surface area contributed by atoms with Crippen LogP contribution >= 0.6 is 24.0 Å². The zero-order valence-electron chi connectivity index (χ0n) is 7.37. The third-order valence-corrected chi connectivity index (χ3v) is 3.51. The smallest absolute Gasteiger partial charge is 0.0868 e. The van der Waals surface area contributed by atoms with Gasteiger partial charge in [0, 0.05) is 9.60 Å². The lowest BCUT2D eigenvalue weighted by molar-refractivity contribution is 1.11. The van der Waals surface area contributed by atoms with E-state index < -0.39 is 0 Å². The standard InChI is InChI=1S/C10H11NS2/c1-2-6-7-5-10(11)13-9(7)4-3-8(6)12/h3-5,12H,2,11H2,1H3. The van der Waals surface area contributed by atoms with Gasteiger partial charge in [0.25, 0.3) is 0 Å². The Balaban J connectivity index is 2.82. The van der Waals surface area contributed by atoms with Crippen molar-refractivity contribution in [3.05, 3.63) is 23.8 Å². The van der Waals surface area contributed by atoms with E-state index in [1.165, 1.54) is 15.6 Å². The minimum atomic E-state index is 0.878. The lowest BCUT2D eigenvalue weighted by Crippen LogP contribution is -1.83. The fraction of sp³-hybridized carbons (Fsp3) is 0.200. The third kappa shape index (κ3) is 1.42. The van der Waals surface area contributed by atoms with Crippen LogP contribution in [0, 0.1) is 0 Å². The highest BCUT2D eigenvalue weighted by atomic mass is 32.1. The number of nitrogens with two attached hydrogens (primary N) is 1. The molecule has 1 heterocycles. The van der Waals surface area contributed by atoms with Crippen molar-refractivity contribution in [2.75, 3.05) is 5.73 Å². The molecule has 0 fully saturated rings. The molecule has 1 nitrogen and oxygen atoms in total. The van der Waals surface area contributed by atoms with Crippen molar-refractivity contribution >= 4 is 39.1 Å². The van der Waals surface area contributed by atoms with Crippen LogP contribution in [0.5, 0.6) is 0 Å². The Kier molecular flexibility index (Phi) is 2.22. The lowest BCUT2D eigenvalue weighted by Gasteiger charge is -2.02. The molecule has 3 heteroatoms. The molecule has 1 aromatic heterocycles. The first-order valence-corrected chi connectivity index (χ1v) is 5.48. The number of thiophene rings is 1. The zero-order chi connectivity index (χ0) is 9.42. The van der Waals surface area contributed by atoms with Gasteiger partial charge in [-0.2, -0.15) is 0 Å². The van der Waals surface area contributed by atoms with Crippen molar-refractivity contribution < 1.29 is 0 Å². The summed E-state index contributed by atoms with van der Waals surface area (Å²) in [5.74, 6) is 0. The van der Waals surface area contributed by atoms with Crippen molar-refractivity contribution in [3.63, 3.8) is 0 Å². The van der Waals surface area contributed by atoms with Crippen LogP contribution in [-0.2, 0) is 6.42 Å². The highest BCUT2D eigenvalue weighted by Crippen LogP contribution is 2.33. The van der Waals surface area contributed by atoms with E-state index in [9.17, 15) is 0 Å². The van der Waals surface area contributed by atoms with E-state index in [1.54, 1.807) is 11.3 Å².